The van der Waals surface area contributed by atoms with Gasteiger partial charge in [-0.3, -0.25) is 0 Å². The molecule has 0 aliphatic heterocycles. The Morgan fingerprint density at radius 3 is 2.65 bits per heavy atom. The van der Waals surface area contributed by atoms with Crippen molar-refractivity contribution >= 4 is 0 Å². The van der Waals surface area contributed by atoms with Crippen LogP contribution in [0.2, 0.25) is 0 Å². The largest absolute Gasteiger partial charge is 0.379 e. The minimum atomic E-state index is 0.0988. The number of benzene rings is 1. The second kappa shape index (κ2) is 8.23. The number of nitrogens with one attached hydrogen (secondary N) is 1. The molecule has 0 aromatic heterocycles. The molecule has 0 fully saturated rings. The molecule has 1 unspecified atom stereocenters. The first-order chi connectivity index (χ1) is 8.29. The van der Waals surface area contributed by atoms with Gasteiger partial charge in [0.25, 0.3) is 0 Å². The summed E-state index contributed by atoms with van der Waals surface area (Å²) in [6.07, 6.45) is 0.0988. The van der Waals surface area contributed by atoms with Gasteiger partial charge in [0.2, 0.25) is 0 Å². The van der Waals surface area contributed by atoms with Crippen molar-refractivity contribution in [3.05, 3.63) is 35.4 Å². The summed E-state index contributed by atoms with van der Waals surface area (Å²) in [4.78, 5) is 0. The average Bonchev–Trinajstić information content (AvgIpc) is 2.34. The molecule has 17 heavy (non-hydrogen) atoms. The lowest BCUT2D eigenvalue weighted by atomic mass is 10.0. The smallest absolute Gasteiger partial charge is 0.0952 e. The Bertz CT molecular complexity index is 315. The van der Waals surface area contributed by atoms with Crippen molar-refractivity contribution in [2.75, 3.05) is 33.4 Å². The molecule has 1 atom stereocenters. The van der Waals surface area contributed by atoms with Crippen LogP contribution in [-0.4, -0.2) is 33.4 Å². The van der Waals surface area contributed by atoms with Gasteiger partial charge < -0.3 is 14.8 Å². The second-order valence-corrected chi connectivity index (χ2v) is 3.97. The molecule has 1 aromatic carbocycles. The lowest BCUT2D eigenvalue weighted by molar-refractivity contribution is 0.00736. The zero-order chi connectivity index (χ0) is 12.5. The molecule has 0 spiro atoms. The van der Waals surface area contributed by atoms with Crippen molar-refractivity contribution in [2.24, 2.45) is 0 Å². The summed E-state index contributed by atoms with van der Waals surface area (Å²) < 4.78 is 11.1. The zero-order valence-corrected chi connectivity index (χ0v) is 11.0. The molecular formula is C14H23NO2. The van der Waals surface area contributed by atoms with Crippen molar-refractivity contribution in [3.63, 3.8) is 0 Å². The van der Waals surface area contributed by atoms with Crippen LogP contribution >= 0.6 is 0 Å². The molecule has 1 rings (SSSR count). The second-order valence-electron chi connectivity index (χ2n) is 3.97. The van der Waals surface area contributed by atoms with E-state index in [1.807, 2.05) is 14.0 Å². The van der Waals surface area contributed by atoms with Crippen molar-refractivity contribution in [3.8, 4) is 0 Å². The fraction of sp³-hybridized carbons (Fsp3) is 0.571. The highest BCUT2D eigenvalue weighted by Gasteiger charge is 2.12. The molecule has 3 heteroatoms. The van der Waals surface area contributed by atoms with E-state index >= 15 is 0 Å². The maximum atomic E-state index is 5.86. The SMILES string of the molecule is CCOCCOC(CNC)c1ccccc1C. The summed E-state index contributed by atoms with van der Waals surface area (Å²) in [5.41, 5.74) is 2.52. The van der Waals surface area contributed by atoms with Gasteiger partial charge in [-0.15, -0.1) is 0 Å². The third kappa shape index (κ3) is 4.86. The zero-order valence-electron chi connectivity index (χ0n) is 11.0. The first-order valence-electron chi connectivity index (χ1n) is 6.19. The standard InChI is InChI=1S/C14H23NO2/c1-4-16-9-10-17-14(11-15-3)13-8-6-5-7-12(13)2/h5-8,14-15H,4,9-11H2,1-3H3. The van der Waals surface area contributed by atoms with Crippen molar-refractivity contribution < 1.29 is 9.47 Å². The van der Waals surface area contributed by atoms with E-state index in [0.29, 0.717) is 13.2 Å². The third-order valence-corrected chi connectivity index (χ3v) is 2.68. The Hall–Kier alpha value is -0.900. The van der Waals surface area contributed by atoms with Gasteiger partial charge in [-0.1, -0.05) is 24.3 Å². The van der Waals surface area contributed by atoms with E-state index in [4.69, 9.17) is 9.47 Å². The van der Waals surface area contributed by atoms with Crippen LogP contribution in [0.25, 0.3) is 0 Å². The van der Waals surface area contributed by atoms with Gasteiger partial charge >= 0.3 is 0 Å². The molecule has 96 valence electrons. The van der Waals surface area contributed by atoms with E-state index in [1.165, 1.54) is 11.1 Å². The molecule has 1 aromatic rings. The van der Waals surface area contributed by atoms with E-state index in [2.05, 4.69) is 36.5 Å². The molecule has 0 aliphatic carbocycles. The molecule has 0 saturated carbocycles. The maximum Gasteiger partial charge on any atom is 0.0952 e. The minimum Gasteiger partial charge on any atom is -0.379 e. The minimum absolute atomic E-state index is 0.0988. The predicted molar refractivity (Wildman–Crippen MR) is 70.3 cm³/mol. The summed E-state index contributed by atoms with van der Waals surface area (Å²) in [6, 6.07) is 8.34. The highest BCUT2D eigenvalue weighted by molar-refractivity contribution is 5.28. The number of aryl methyl sites for hydroxylation is 1. The quantitative estimate of drug-likeness (QED) is 0.704. The van der Waals surface area contributed by atoms with Crippen LogP contribution in [0.15, 0.2) is 24.3 Å². The van der Waals surface area contributed by atoms with Crippen LogP contribution < -0.4 is 5.32 Å². The molecule has 0 heterocycles. The van der Waals surface area contributed by atoms with Gasteiger partial charge in [0.05, 0.1) is 19.3 Å². The molecule has 0 radical (unpaired) electrons. The van der Waals surface area contributed by atoms with Crippen LogP contribution in [-0.2, 0) is 9.47 Å². The number of hydrogen-bond donors (Lipinski definition) is 1. The molecule has 0 saturated heterocycles. The average molecular weight is 237 g/mol. The Balaban J connectivity index is 2.56. The van der Waals surface area contributed by atoms with Gasteiger partial charge in [0, 0.05) is 13.2 Å². The summed E-state index contributed by atoms with van der Waals surface area (Å²) in [5, 5.41) is 3.17. The van der Waals surface area contributed by atoms with Crippen molar-refractivity contribution in [2.45, 2.75) is 20.0 Å². The fourth-order valence-electron chi connectivity index (χ4n) is 1.79. The van der Waals surface area contributed by atoms with E-state index in [1.54, 1.807) is 0 Å². The summed E-state index contributed by atoms with van der Waals surface area (Å²) in [6.45, 7) is 6.95. The first-order valence-corrected chi connectivity index (χ1v) is 6.19. The lowest BCUT2D eigenvalue weighted by Gasteiger charge is -2.19. The van der Waals surface area contributed by atoms with Gasteiger partial charge in [0.15, 0.2) is 0 Å². The monoisotopic (exact) mass is 237 g/mol. The molecule has 0 bridgehead atoms. The predicted octanol–water partition coefficient (Wildman–Crippen LogP) is 2.31. The summed E-state index contributed by atoms with van der Waals surface area (Å²) >= 11 is 0. The number of hydrogen-bond acceptors (Lipinski definition) is 3. The van der Waals surface area contributed by atoms with E-state index < -0.39 is 0 Å². The van der Waals surface area contributed by atoms with Crippen LogP contribution in [0.1, 0.15) is 24.2 Å². The number of likely N-dealkylation sites (N-methyl/N-ethyl adjacent to an activating group) is 1. The lowest BCUT2D eigenvalue weighted by Crippen LogP contribution is -2.22. The van der Waals surface area contributed by atoms with Crippen molar-refractivity contribution in [1.82, 2.24) is 5.32 Å². The topological polar surface area (TPSA) is 30.5 Å². The van der Waals surface area contributed by atoms with E-state index in [-0.39, 0.29) is 6.10 Å². The Kier molecular flexibility index (Phi) is 6.86. The van der Waals surface area contributed by atoms with Gasteiger partial charge in [0.1, 0.15) is 0 Å². The van der Waals surface area contributed by atoms with Crippen LogP contribution in [0, 0.1) is 6.92 Å². The molecule has 0 amide bonds. The molecular weight excluding hydrogens is 214 g/mol. The Morgan fingerprint density at radius 1 is 1.24 bits per heavy atom. The van der Waals surface area contributed by atoms with Crippen LogP contribution in [0.5, 0.6) is 0 Å². The van der Waals surface area contributed by atoms with E-state index in [9.17, 15) is 0 Å². The summed E-state index contributed by atoms with van der Waals surface area (Å²) in [7, 11) is 1.94. The Labute approximate surface area is 104 Å². The number of ether oxygens (including phenoxy) is 2. The van der Waals surface area contributed by atoms with Gasteiger partial charge in [-0.05, 0) is 32.0 Å². The van der Waals surface area contributed by atoms with Gasteiger partial charge in [-0.25, -0.2) is 0 Å². The Morgan fingerprint density at radius 2 is 2.00 bits per heavy atom. The summed E-state index contributed by atoms with van der Waals surface area (Å²) in [5.74, 6) is 0. The molecule has 3 nitrogen and oxygen atoms in total. The molecule has 1 N–H and O–H groups in total. The first kappa shape index (κ1) is 14.2. The highest BCUT2D eigenvalue weighted by Crippen LogP contribution is 2.20. The van der Waals surface area contributed by atoms with Gasteiger partial charge in [-0.2, -0.15) is 0 Å². The third-order valence-electron chi connectivity index (χ3n) is 2.68. The number of rotatable bonds is 8. The normalized spacial score (nSPS) is 12.6. The molecule has 0 aliphatic rings. The van der Waals surface area contributed by atoms with Crippen LogP contribution in [0.3, 0.4) is 0 Å². The fourth-order valence-corrected chi connectivity index (χ4v) is 1.79. The highest BCUT2D eigenvalue weighted by atomic mass is 16.5. The van der Waals surface area contributed by atoms with E-state index in [0.717, 1.165) is 13.2 Å². The van der Waals surface area contributed by atoms with Crippen LogP contribution in [0.4, 0.5) is 0 Å². The van der Waals surface area contributed by atoms with Crippen molar-refractivity contribution in [1.29, 1.82) is 0 Å². The maximum absolute atomic E-state index is 5.86.